The van der Waals surface area contributed by atoms with Gasteiger partial charge < -0.3 is 11.1 Å². The molecule has 0 saturated heterocycles. The second-order valence-corrected chi connectivity index (χ2v) is 6.38. The van der Waals surface area contributed by atoms with E-state index in [1.165, 1.54) is 0 Å². The monoisotopic (exact) mass is 353 g/mol. The number of nitrogens with zero attached hydrogens (tertiary/aromatic N) is 1. The van der Waals surface area contributed by atoms with Gasteiger partial charge in [0.2, 0.25) is 0 Å². The van der Waals surface area contributed by atoms with E-state index in [2.05, 4.69) is 10.3 Å². The first-order valence-corrected chi connectivity index (χ1v) is 7.97. The molecule has 3 rings (SSSR count). The number of nitrogens with two attached hydrogens (primary N) is 1. The maximum absolute atomic E-state index is 6.29. The van der Waals surface area contributed by atoms with Gasteiger partial charge in [-0.3, -0.25) is 0 Å². The lowest BCUT2D eigenvalue weighted by atomic mass is 9.94. The molecule has 3 nitrogen and oxygen atoms in total. The average molecular weight is 355 g/mol. The van der Waals surface area contributed by atoms with Crippen LogP contribution >= 0.6 is 34.8 Å². The molecule has 0 aromatic heterocycles. The molecule has 114 valence electrons. The summed E-state index contributed by atoms with van der Waals surface area (Å²) in [6.45, 7) is 0. The van der Waals surface area contributed by atoms with E-state index in [4.69, 9.17) is 40.5 Å². The maximum Gasteiger partial charge on any atom is 0.189 e. The van der Waals surface area contributed by atoms with Crippen LogP contribution in [0.2, 0.25) is 15.1 Å². The summed E-state index contributed by atoms with van der Waals surface area (Å²) in [5.74, 6) is 0.396. The van der Waals surface area contributed by atoms with Gasteiger partial charge in [-0.05, 0) is 35.7 Å². The third-order valence-corrected chi connectivity index (χ3v) is 4.77. The molecule has 22 heavy (non-hydrogen) atoms. The molecular formula is C16H14Cl3N3. The number of guanidine groups is 1. The topological polar surface area (TPSA) is 50.4 Å². The molecule has 0 aliphatic carbocycles. The van der Waals surface area contributed by atoms with Crippen LogP contribution < -0.4 is 11.1 Å². The molecule has 2 unspecified atom stereocenters. The second-order valence-electron chi connectivity index (χ2n) is 5.16. The van der Waals surface area contributed by atoms with Crippen LogP contribution in [-0.2, 0) is 0 Å². The molecule has 3 N–H and O–H groups in total. The Bertz CT molecular complexity index is 730. The van der Waals surface area contributed by atoms with Crippen molar-refractivity contribution < 1.29 is 0 Å². The fourth-order valence-electron chi connectivity index (χ4n) is 2.61. The van der Waals surface area contributed by atoms with Gasteiger partial charge in [-0.25, -0.2) is 4.99 Å². The van der Waals surface area contributed by atoms with Gasteiger partial charge in [0.05, 0.1) is 22.1 Å². The highest BCUT2D eigenvalue weighted by atomic mass is 35.5. The third kappa shape index (κ3) is 3.17. The Kier molecular flexibility index (Phi) is 4.48. The standard InChI is InChI=1S/C16H14Cl3N3/c17-11-4-2-1-3-10(11)15-8-14(21-16(20)22-15)9-5-6-12(18)13(19)7-9/h1-7,14-15H,8H2,(H3,20,21,22). The van der Waals surface area contributed by atoms with E-state index in [1.54, 1.807) is 6.07 Å². The number of hydrogen-bond acceptors (Lipinski definition) is 3. The molecule has 6 heteroatoms. The van der Waals surface area contributed by atoms with Gasteiger partial charge in [0, 0.05) is 5.02 Å². The SMILES string of the molecule is NC1=NC(c2ccc(Cl)c(Cl)c2)CC(c2ccccc2Cl)N1. The number of benzene rings is 2. The zero-order valence-corrected chi connectivity index (χ0v) is 13.8. The third-order valence-electron chi connectivity index (χ3n) is 3.69. The molecule has 1 heterocycles. The van der Waals surface area contributed by atoms with Gasteiger partial charge in [0.1, 0.15) is 0 Å². The highest BCUT2D eigenvalue weighted by Gasteiger charge is 2.26. The fourth-order valence-corrected chi connectivity index (χ4v) is 3.19. The van der Waals surface area contributed by atoms with Gasteiger partial charge in [-0.1, -0.05) is 59.1 Å². The van der Waals surface area contributed by atoms with Crippen LogP contribution in [0, 0.1) is 0 Å². The highest BCUT2D eigenvalue weighted by Crippen LogP contribution is 2.36. The van der Waals surface area contributed by atoms with Crippen LogP contribution in [0.3, 0.4) is 0 Å². The van der Waals surface area contributed by atoms with E-state index in [0.717, 1.165) is 17.5 Å². The molecule has 2 aromatic rings. The smallest absolute Gasteiger partial charge is 0.189 e. The van der Waals surface area contributed by atoms with Crippen LogP contribution in [0.5, 0.6) is 0 Å². The molecular weight excluding hydrogens is 341 g/mol. The number of rotatable bonds is 2. The molecule has 0 spiro atoms. The van der Waals surface area contributed by atoms with E-state index >= 15 is 0 Å². The van der Waals surface area contributed by atoms with Gasteiger partial charge in [0.15, 0.2) is 5.96 Å². The molecule has 0 radical (unpaired) electrons. The second kappa shape index (κ2) is 6.37. The summed E-state index contributed by atoms with van der Waals surface area (Å²) in [6, 6.07) is 13.2. The minimum atomic E-state index is -0.0858. The minimum Gasteiger partial charge on any atom is -0.370 e. The van der Waals surface area contributed by atoms with Crippen molar-refractivity contribution in [2.75, 3.05) is 0 Å². The van der Waals surface area contributed by atoms with E-state index in [0.29, 0.717) is 21.0 Å². The van der Waals surface area contributed by atoms with Crippen LogP contribution in [-0.4, -0.2) is 5.96 Å². The molecule has 0 bridgehead atoms. The first-order valence-electron chi connectivity index (χ1n) is 6.84. The van der Waals surface area contributed by atoms with Gasteiger partial charge in [0.25, 0.3) is 0 Å². The predicted octanol–water partition coefficient (Wildman–Crippen LogP) is 4.74. The van der Waals surface area contributed by atoms with Crippen molar-refractivity contribution in [2.45, 2.75) is 18.5 Å². The molecule has 0 fully saturated rings. The van der Waals surface area contributed by atoms with Crippen molar-refractivity contribution in [2.24, 2.45) is 10.7 Å². The summed E-state index contributed by atoms with van der Waals surface area (Å²) in [6.07, 6.45) is 0.738. The number of nitrogens with one attached hydrogen (secondary N) is 1. The summed E-state index contributed by atoms with van der Waals surface area (Å²) >= 11 is 18.4. The fraction of sp³-hybridized carbons (Fsp3) is 0.188. The van der Waals surface area contributed by atoms with Gasteiger partial charge >= 0.3 is 0 Å². The Hall–Kier alpha value is -1.42. The first-order chi connectivity index (χ1) is 10.5. The predicted molar refractivity (Wildman–Crippen MR) is 92.8 cm³/mol. The Morgan fingerprint density at radius 2 is 1.77 bits per heavy atom. The number of aliphatic imine (C=N–C) groups is 1. The van der Waals surface area contributed by atoms with Crippen molar-refractivity contribution in [1.29, 1.82) is 0 Å². The summed E-state index contributed by atoms with van der Waals surface area (Å²) in [7, 11) is 0. The van der Waals surface area contributed by atoms with Crippen LogP contribution in [0.25, 0.3) is 0 Å². The Labute approximate surface area is 144 Å². The first kappa shape index (κ1) is 15.5. The van der Waals surface area contributed by atoms with Crippen LogP contribution in [0.1, 0.15) is 29.6 Å². The van der Waals surface area contributed by atoms with Gasteiger partial charge in [-0.2, -0.15) is 0 Å². The zero-order chi connectivity index (χ0) is 15.7. The van der Waals surface area contributed by atoms with Crippen molar-refractivity contribution >= 4 is 40.8 Å². The van der Waals surface area contributed by atoms with Crippen LogP contribution in [0.4, 0.5) is 0 Å². The zero-order valence-electron chi connectivity index (χ0n) is 11.6. The van der Waals surface area contributed by atoms with Crippen molar-refractivity contribution in [1.82, 2.24) is 5.32 Å². The molecule has 1 aliphatic rings. The number of hydrogen-bond donors (Lipinski definition) is 2. The number of halogens is 3. The normalized spacial score (nSPS) is 21.1. The van der Waals surface area contributed by atoms with Gasteiger partial charge in [-0.15, -0.1) is 0 Å². The Balaban J connectivity index is 1.92. The van der Waals surface area contributed by atoms with E-state index in [1.807, 2.05) is 36.4 Å². The lowest BCUT2D eigenvalue weighted by molar-refractivity contribution is 0.487. The van der Waals surface area contributed by atoms with E-state index in [9.17, 15) is 0 Å². The molecule has 0 amide bonds. The van der Waals surface area contributed by atoms with E-state index in [-0.39, 0.29) is 12.1 Å². The largest absolute Gasteiger partial charge is 0.370 e. The summed E-state index contributed by atoms with van der Waals surface area (Å²) in [5, 5.41) is 4.94. The molecule has 0 saturated carbocycles. The molecule has 1 aliphatic heterocycles. The van der Waals surface area contributed by atoms with Crippen molar-refractivity contribution in [3.8, 4) is 0 Å². The average Bonchev–Trinajstić information content (AvgIpc) is 2.50. The molecule has 2 atom stereocenters. The lowest BCUT2D eigenvalue weighted by Gasteiger charge is -2.29. The summed E-state index contributed by atoms with van der Waals surface area (Å²) in [4.78, 5) is 4.47. The minimum absolute atomic E-state index is 0.00523. The Morgan fingerprint density at radius 1 is 1.00 bits per heavy atom. The summed E-state index contributed by atoms with van der Waals surface area (Å²) in [5.41, 5.74) is 7.93. The Morgan fingerprint density at radius 3 is 2.50 bits per heavy atom. The van der Waals surface area contributed by atoms with Crippen LogP contribution in [0.15, 0.2) is 47.5 Å². The molecule has 2 aromatic carbocycles. The lowest BCUT2D eigenvalue weighted by Crippen LogP contribution is -2.39. The van der Waals surface area contributed by atoms with E-state index < -0.39 is 0 Å². The highest BCUT2D eigenvalue weighted by molar-refractivity contribution is 6.42. The maximum atomic E-state index is 6.29. The quantitative estimate of drug-likeness (QED) is 0.818. The van der Waals surface area contributed by atoms with Crippen molar-refractivity contribution in [3.05, 3.63) is 68.7 Å². The van der Waals surface area contributed by atoms with Crippen molar-refractivity contribution in [3.63, 3.8) is 0 Å². The summed E-state index contributed by atoms with van der Waals surface area (Å²) < 4.78 is 0.